The van der Waals surface area contributed by atoms with Crippen LogP contribution in [0.25, 0.3) is 0 Å². The lowest BCUT2D eigenvalue weighted by molar-refractivity contribution is -0.139. The molecule has 34 heavy (non-hydrogen) atoms. The van der Waals surface area contributed by atoms with E-state index in [4.69, 9.17) is 11.6 Å². The zero-order chi connectivity index (χ0) is 25.6. The number of amides is 2. The molecule has 0 aliphatic rings. The Morgan fingerprint density at radius 3 is 2.21 bits per heavy atom. The fourth-order valence-electron chi connectivity index (χ4n) is 3.40. The van der Waals surface area contributed by atoms with E-state index in [1.807, 2.05) is 32.9 Å². The van der Waals surface area contributed by atoms with Crippen LogP contribution in [0.4, 0.5) is 5.69 Å². The van der Waals surface area contributed by atoms with Gasteiger partial charge in [0.1, 0.15) is 12.6 Å². The molecule has 2 aromatic carbocycles. The molecule has 0 bridgehead atoms. The number of benzene rings is 2. The van der Waals surface area contributed by atoms with E-state index >= 15 is 0 Å². The van der Waals surface area contributed by atoms with Crippen LogP contribution in [0.3, 0.4) is 0 Å². The summed E-state index contributed by atoms with van der Waals surface area (Å²) in [5.74, 6) is -0.524. The van der Waals surface area contributed by atoms with Crippen molar-refractivity contribution in [2.45, 2.75) is 47.2 Å². The maximum atomic E-state index is 13.5. The molecule has 9 heteroatoms. The Bertz CT molecular complexity index is 1120. The number of carbonyl (C=O) groups excluding carboxylic acids is 2. The molecule has 2 rings (SSSR count). The topological polar surface area (TPSA) is 86.8 Å². The quantitative estimate of drug-likeness (QED) is 0.528. The van der Waals surface area contributed by atoms with Crippen LogP contribution in [0.5, 0.6) is 0 Å². The van der Waals surface area contributed by atoms with E-state index < -0.39 is 28.5 Å². The Labute approximate surface area is 208 Å². The minimum Gasteiger partial charge on any atom is -0.354 e. The third kappa shape index (κ3) is 7.74. The van der Waals surface area contributed by atoms with Crippen LogP contribution in [0.15, 0.2) is 42.5 Å². The van der Waals surface area contributed by atoms with Crippen LogP contribution in [0, 0.1) is 19.8 Å². The number of aryl methyl sites for hydroxylation is 2. The molecule has 7 nitrogen and oxygen atoms in total. The summed E-state index contributed by atoms with van der Waals surface area (Å²) in [5.41, 5.74) is 2.83. The van der Waals surface area contributed by atoms with Gasteiger partial charge in [-0.15, -0.1) is 0 Å². The molecule has 0 aliphatic heterocycles. The number of halogens is 1. The second-order valence-electron chi connectivity index (χ2n) is 9.02. The molecule has 1 unspecified atom stereocenters. The summed E-state index contributed by atoms with van der Waals surface area (Å²) in [6.07, 6.45) is 1.07. The molecule has 2 aromatic rings. The van der Waals surface area contributed by atoms with Crippen LogP contribution in [0.1, 0.15) is 37.5 Å². The van der Waals surface area contributed by atoms with Gasteiger partial charge >= 0.3 is 0 Å². The number of nitrogens with one attached hydrogen (secondary N) is 1. The smallest absolute Gasteiger partial charge is 0.244 e. The first-order chi connectivity index (χ1) is 15.8. The SMILES string of the molecule is Cc1ccc(C)c(N(CC(=O)N(Cc2ccc(Cl)cc2)C(C)C(=O)NCC(C)C)S(C)(=O)=O)c1. The van der Waals surface area contributed by atoms with Crippen molar-refractivity contribution in [2.24, 2.45) is 5.92 Å². The molecular weight excluding hydrogens is 474 g/mol. The molecule has 2 amide bonds. The lowest BCUT2D eigenvalue weighted by Gasteiger charge is -2.32. The Balaban J connectivity index is 2.40. The highest BCUT2D eigenvalue weighted by Gasteiger charge is 2.30. The zero-order valence-corrected chi connectivity index (χ0v) is 22.2. The molecule has 0 aromatic heterocycles. The first kappa shape index (κ1) is 27.7. The van der Waals surface area contributed by atoms with Crippen LogP contribution in [0.2, 0.25) is 5.02 Å². The van der Waals surface area contributed by atoms with Crippen molar-refractivity contribution in [3.05, 3.63) is 64.2 Å². The third-order valence-electron chi connectivity index (χ3n) is 5.43. The largest absolute Gasteiger partial charge is 0.354 e. The van der Waals surface area contributed by atoms with Gasteiger partial charge in [0.05, 0.1) is 11.9 Å². The van der Waals surface area contributed by atoms with Gasteiger partial charge in [-0.05, 0) is 61.6 Å². The number of hydrogen-bond donors (Lipinski definition) is 1. The van der Waals surface area contributed by atoms with Gasteiger partial charge in [0.25, 0.3) is 0 Å². The first-order valence-electron chi connectivity index (χ1n) is 11.2. The molecule has 1 atom stereocenters. The van der Waals surface area contributed by atoms with Crippen LogP contribution in [-0.4, -0.2) is 50.5 Å². The third-order valence-corrected chi connectivity index (χ3v) is 6.81. The average molecular weight is 508 g/mol. The summed E-state index contributed by atoms with van der Waals surface area (Å²) in [4.78, 5) is 27.8. The van der Waals surface area contributed by atoms with E-state index in [2.05, 4.69) is 5.32 Å². The maximum Gasteiger partial charge on any atom is 0.244 e. The van der Waals surface area contributed by atoms with Crippen molar-refractivity contribution in [1.82, 2.24) is 10.2 Å². The predicted octanol–water partition coefficient (Wildman–Crippen LogP) is 3.91. The number of sulfonamides is 1. The summed E-state index contributed by atoms with van der Waals surface area (Å²) in [5, 5.41) is 3.42. The molecule has 0 fully saturated rings. The highest BCUT2D eigenvalue weighted by Crippen LogP contribution is 2.24. The molecule has 0 saturated carbocycles. The van der Waals surface area contributed by atoms with Gasteiger partial charge in [0.2, 0.25) is 21.8 Å². The minimum absolute atomic E-state index is 0.136. The Kier molecular flexibility index (Phi) is 9.53. The van der Waals surface area contributed by atoms with Gasteiger partial charge in [0.15, 0.2) is 0 Å². The highest BCUT2D eigenvalue weighted by molar-refractivity contribution is 7.92. The normalized spacial score (nSPS) is 12.4. The van der Waals surface area contributed by atoms with E-state index in [1.165, 1.54) is 4.90 Å². The van der Waals surface area contributed by atoms with Crippen molar-refractivity contribution in [1.29, 1.82) is 0 Å². The predicted molar refractivity (Wildman–Crippen MR) is 137 cm³/mol. The molecule has 1 N–H and O–H groups in total. The van der Waals surface area contributed by atoms with Gasteiger partial charge in [-0.25, -0.2) is 8.42 Å². The standard InChI is InChI=1S/C25H34ClN3O4S/c1-17(2)14-27-25(31)20(5)28(15-21-9-11-22(26)12-10-21)24(30)16-29(34(6,32)33)23-13-18(3)7-8-19(23)4/h7-13,17,20H,14-16H2,1-6H3,(H,27,31). The van der Waals surface area contributed by atoms with Gasteiger partial charge in [0, 0.05) is 18.1 Å². The first-order valence-corrected chi connectivity index (χ1v) is 13.4. The van der Waals surface area contributed by atoms with E-state index in [-0.39, 0.29) is 18.4 Å². The zero-order valence-electron chi connectivity index (χ0n) is 20.6. The number of anilines is 1. The molecule has 0 aliphatic carbocycles. The summed E-state index contributed by atoms with van der Waals surface area (Å²) in [6, 6.07) is 11.6. The average Bonchev–Trinajstić information content (AvgIpc) is 2.75. The Morgan fingerprint density at radius 2 is 1.65 bits per heavy atom. The highest BCUT2D eigenvalue weighted by atomic mass is 35.5. The molecule has 186 valence electrons. The fourth-order valence-corrected chi connectivity index (χ4v) is 4.43. The van der Waals surface area contributed by atoms with Crippen molar-refractivity contribution in [3.63, 3.8) is 0 Å². The number of rotatable bonds is 10. The van der Waals surface area contributed by atoms with Crippen molar-refractivity contribution < 1.29 is 18.0 Å². The molecule has 0 radical (unpaired) electrons. The van der Waals surface area contributed by atoms with Crippen molar-refractivity contribution in [2.75, 3.05) is 23.7 Å². The van der Waals surface area contributed by atoms with E-state index in [0.29, 0.717) is 17.3 Å². The van der Waals surface area contributed by atoms with Crippen LogP contribution >= 0.6 is 11.6 Å². The summed E-state index contributed by atoms with van der Waals surface area (Å²) < 4.78 is 26.5. The molecule has 0 heterocycles. The maximum absolute atomic E-state index is 13.5. The Hall–Kier alpha value is -2.58. The number of nitrogens with zero attached hydrogens (tertiary/aromatic N) is 2. The monoisotopic (exact) mass is 507 g/mol. The van der Waals surface area contributed by atoms with E-state index in [1.54, 1.807) is 44.2 Å². The summed E-state index contributed by atoms with van der Waals surface area (Å²) in [6.45, 7) is 9.46. The second kappa shape index (κ2) is 11.7. The molecule has 0 spiro atoms. The summed E-state index contributed by atoms with van der Waals surface area (Å²) >= 11 is 5.99. The van der Waals surface area contributed by atoms with Crippen molar-refractivity contribution >= 4 is 39.1 Å². The van der Waals surface area contributed by atoms with E-state index in [0.717, 1.165) is 27.3 Å². The lowest BCUT2D eigenvalue weighted by atomic mass is 10.1. The van der Waals surface area contributed by atoms with Gasteiger partial charge in [-0.3, -0.25) is 13.9 Å². The number of hydrogen-bond acceptors (Lipinski definition) is 4. The molecular formula is C25H34ClN3O4S. The fraction of sp³-hybridized carbons (Fsp3) is 0.440. The minimum atomic E-state index is -3.76. The Morgan fingerprint density at radius 1 is 1.03 bits per heavy atom. The molecule has 0 saturated heterocycles. The van der Waals surface area contributed by atoms with Gasteiger partial charge in [-0.2, -0.15) is 0 Å². The van der Waals surface area contributed by atoms with E-state index in [9.17, 15) is 18.0 Å². The van der Waals surface area contributed by atoms with Crippen LogP contribution < -0.4 is 9.62 Å². The van der Waals surface area contributed by atoms with Crippen molar-refractivity contribution in [3.8, 4) is 0 Å². The second-order valence-corrected chi connectivity index (χ2v) is 11.4. The summed E-state index contributed by atoms with van der Waals surface area (Å²) in [7, 11) is -3.76. The van der Waals surface area contributed by atoms with Gasteiger partial charge < -0.3 is 10.2 Å². The van der Waals surface area contributed by atoms with Gasteiger partial charge in [-0.1, -0.05) is 49.7 Å². The lowest BCUT2D eigenvalue weighted by Crippen LogP contribution is -2.51. The number of carbonyl (C=O) groups is 2. The van der Waals surface area contributed by atoms with Crippen LogP contribution in [-0.2, 0) is 26.2 Å².